The number of rotatable bonds is 4. The van der Waals surface area contributed by atoms with E-state index in [1.165, 1.54) is 12.4 Å². The van der Waals surface area contributed by atoms with Crippen molar-refractivity contribution in [1.29, 1.82) is 5.26 Å². The van der Waals surface area contributed by atoms with E-state index < -0.39 is 0 Å². The monoisotopic (exact) mass is 387 g/mol. The van der Waals surface area contributed by atoms with Crippen molar-refractivity contribution in [2.45, 2.75) is 0 Å². The zero-order valence-electron chi connectivity index (χ0n) is 16.1. The van der Waals surface area contributed by atoms with Crippen LogP contribution in [-0.2, 0) is 0 Å². The molecule has 3 aromatic rings. The largest absolute Gasteiger partial charge is 0.404 e. The van der Waals surface area contributed by atoms with Gasteiger partial charge in [0, 0.05) is 63.0 Å². The standard InChI is InChI=1S/C20H21N9/c1-23-10-15(8-21)17-13-29-20(16(9-22)12-26-29)19(27-17)14-2-3-18(25-11-14)28-6-4-24-5-7-28/h2-3,8,10-13,24H,4-7,21H2,1H3. The second-order valence-electron chi connectivity index (χ2n) is 6.59. The molecule has 1 fully saturated rings. The number of nitriles is 1. The number of hydrogen-bond donors (Lipinski definition) is 2. The molecule has 3 aromatic heterocycles. The Kier molecular flexibility index (Phi) is 5.18. The molecular weight excluding hydrogens is 366 g/mol. The number of hydrogen-bond acceptors (Lipinski definition) is 8. The maximum atomic E-state index is 9.51. The Morgan fingerprint density at radius 3 is 2.79 bits per heavy atom. The Bertz CT molecular complexity index is 1110. The normalized spacial score (nSPS) is 15.2. The highest BCUT2D eigenvalue weighted by Crippen LogP contribution is 2.27. The highest BCUT2D eigenvalue weighted by molar-refractivity contribution is 6.09. The smallest absolute Gasteiger partial charge is 0.128 e. The van der Waals surface area contributed by atoms with Gasteiger partial charge in [0.1, 0.15) is 23.0 Å². The molecule has 1 saturated heterocycles. The summed E-state index contributed by atoms with van der Waals surface area (Å²) >= 11 is 0. The summed E-state index contributed by atoms with van der Waals surface area (Å²) in [5.41, 5.74) is 9.55. The second-order valence-corrected chi connectivity index (χ2v) is 6.59. The van der Waals surface area contributed by atoms with Crippen molar-refractivity contribution in [2.75, 3.05) is 38.1 Å². The van der Waals surface area contributed by atoms with E-state index in [-0.39, 0.29) is 0 Å². The fourth-order valence-corrected chi connectivity index (χ4v) is 3.38. The molecular formula is C20H21N9. The molecule has 29 heavy (non-hydrogen) atoms. The van der Waals surface area contributed by atoms with Gasteiger partial charge in [-0.2, -0.15) is 10.4 Å². The topological polar surface area (TPSA) is 121 Å². The van der Waals surface area contributed by atoms with Crippen LogP contribution >= 0.6 is 0 Å². The molecule has 3 N–H and O–H groups in total. The molecule has 0 atom stereocenters. The van der Waals surface area contributed by atoms with Gasteiger partial charge in [-0.25, -0.2) is 14.5 Å². The maximum Gasteiger partial charge on any atom is 0.128 e. The minimum atomic E-state index is 0.452. The molecule has 0 bridgehead atoms. The van der Waals surface area contributed by atoms with Gasteiger partial charge in [-0.1, -0.05) is 0 Å². The SMILES string of the molecule is CN=CC(=CN)c1cn2ncc(C#N)c2c(-c2ccc(N3CCNCC3)nc2)n1. The van der Waals surface area contributed by atoms with Crippen LogP contribution in [0.5, 0.6) is 0 Å². The van der Waals surface area contributed by atoms with Crippen LogP contribution in [0.1, 0.15) is 11.3 Å². The Balaban J connectivity index is 1.83. The summed E-state index contributed by atoms with van der Waals surface area (Å²) in [7, 11) is 1.67. The van der Waals surface area contributed by atoms with Crippen molar-refractivity contribution in [2.24, 2.45) is 10.7 Å². The van der Waals surface area contributed by atoms with E-state index in [4.69, 9.17) is 10.7 Å². The van der Waals surface area contributed by atoms with E-state index in [1.54, 1.807) is 30.2 Å². The first kappa shape index (κ1) is 18.6. The number of anilines is 1. The lowest BCUT2D eigenvalue weighted by Crippen LogP contribution is -2.43. The first-order chi connectivity index (χ1) is 14.2. The fraction of sp³-hybridized carbons (Fsp3) is 0.250. The van der Waals surface area contributed by atoms with Crippen molar-refractivity contribution >= 4 is 23.1 Å². The van der Waals surface area contributed by atoms with E-state index in [0.717, 1.165) is 37.6 Å². The zero-order chi connectivity index (χ0) is 20.2. The number of aliphatic imine (C=N–C) groups is 1. The molecule has 0 aromatic carbocycles. The second kappa shape index (κ2) is 8.08. The van der Waals surface area contributed by atoms with Crippen LogP contribution in [0, 0.1) is 11.3 Å². The quantitative estimate of drug-likeness (QED) is 0.643. The number of nitrogens with one attached hydrogen (secondary N) is 1. The van der Waals surface area contributed by atoms with E-state index in [9.17, 15) is 5.26 Å². The Hall–Kier alpha value is -3.77. The molecule has 0 radical (unpaired) electrons. The van der Waals surface area contributed by atoms with Crippen molar-refractivity contribution in [3.63, 3.8) is 0 Å². The van der Waals surface area contributed by atoms with E-state index in [1.807, 2.05) is 12.1 Å². The third-order valence-corrected chi connectivity index (χ3v) is 4.82. The summed E-state index contributed by atoms with van der Waals surface area (Å²) in [6, 6.07) is 6.15. The van der Waals surface area contributed by atoms with Crippen LogP contribution in [-0.4, -0.2) is 59.0 Å². The molecule has 0 spiro atoms. The van der Waals surface area contributed by atoms with Crippen LogP contribution in [0.2, 0.25) is 0 Å². The first-order valence-corrected chi connectivity index (χ1v) is 9.30. The van der Waals surface area contributed by atoms with Crippen LogP contribution in [0.4, 0.5) is 5.82 Å². The molecule has 9 heteroatoms. The molecule has 4 rings (SSSR count). The van der Waals surface area contributed by atoms with E-state index in [0.29, 0.717) is 28.0 Å². The predicted octanol–water partition coefficient (Wildman–Crippen LogP) is 1.07. The van der Waals surface area contributed by atoms with Gasteiger partial charge in [0.05, 0.1) is 23.8 Å². The lowest BCUT2D eigenvalue weighted by molar-refractivity contribution is 0.585. The number of nitrogens with zero attached hydrogens (tertiary/aromatic N) is 7. The molecule has 0 amide bonds. The summed E-state index contributed by atoms with van der Waals surface area (Å²) in [6.45, 7) is 3.74. The number of piperazine rings is 1. The Morgan fingerprint density at radius 2 is 2.14 bits per heavy atom. The maximum absolute atomic E-state index is 9.51. The average Bonchev–Trinajstić information content (AvgIpc) is 3.21. The van der Waals surface area contributed by atoms with Crippen molar-refractivity contribution in [3.8, 4) is 17.3 Å². The minimum absolute atomic E-state index is 0.452. The molecule has 0 saturated carbocycles. The Morgan fingerprint density at radius 1 is 1.31 bits per heavy atom. The highest BCUT2D eigenvalue weighted by Gasteiger charge is 2.17. The summed E-state index contributed by atoms with van der Waals surface area (Å²) in [6.07, 6.45) is 8.15. The van der Waals surface area contributed by atoms with Gasteiger partial charge in [-0.05, 0) is 12.1 Å². The van der Waals surface area contributed by atoms with Crippen LogP contribution in [0.3, 0.4) is 0 Å². The highest BCUT2D eigenvalue weighted by atomic mass is 15.2. The van der Waals surface area contributed by atoms with Crippen molar-refractivity contribution in [1.82, 2.24) is 24.9 Å². The van der Waals surface area contributed by atoms with Gasteiger partial charge in [-0.15, -0.1) is 0 Å². The lowest BCUT2D eigenvalue weighted by Gasteiger charge is -2.28. The van der Waals surface area contributed by atoms with E-state index in [2.05, 4.69) is 31.4 Å². The van der Waals surface area contributed by atoms with Gasteiger partial charge in [0.25, 0.3) is 0 Å². The molecule has 9 nitrogen and oxygen atoms in total. The van der Waals surface area contributed by atoms with Crippen LogP contribution in [0.15, 0.2) is 41.9 Å². The fourth-order valence-electron chi connectivity index (χ4n) is 3.38. The van der Waals surface area contributed by atoms with Crippen LogP contribution in [0.25, 0.3) is 22.3 Å². The number of nitrogens with two attached hydrogens (primary N) is 1. The number of pyridine rings is 1. The van der Waals surface area contributed by atoms with Crippen molar-refractivity contribution < 1.29 is 0 Å². The molecule has 1 aliphatic rings. The summed E-state index contributed by atoms with van der Waals surface area (Å²) in [4.78, 5) is 15.7. The third kappa shape index (κ3) is 3.53. The van der Waals surface area contributed by atoms with E-state index >= 15 is 0 Å². The first-order valence-electron chi connectivity index (χ1n) is 9.30. The van der Waals surface area contributed by atoms with Crippen molar-refractivity contribution in [3.05, 3.63) is 48.2 Å². The summed E-state index contributed by atoms with van der Waals surface area (Å²) in [5, 5.41) is 17.2. The third-order valence-electron chi connectivity index (χ3n) is 4.82. The van der Waals surface area contributed by atoms with Gasteiger partial charge >= 0.3 is 0 Å². The molecule has 0 aliphatic carbocycles. The number of fused-ring (bicyclic) bond motifs is 1. The predicted molar refractivity (Wildman–Crippen MR) is 113 cm³/mol. The van der Waals surface area contributed by atoms with Gasteiger partial charge in [0.2, 0.25) is 0 Å². The number of allylic oxidation sites excluding steroid dienone is 1. The lowest BCUT2D eigenvalue weighted by atomic mass is 10.1. The molecule has 0 unspecified atom stereocenters. The Labute approximate surface area is 168 Å². The van der Waals surface area contributed by atoms with Gasteiger partial charge in [0.15, 0.2) is 0 Å². The van der Waals surface area contributed by atoms with Gasteiger partial charge in [-0.3, -0.25) is 4.99 Å². The molecule has 4 heterocycles. The van der Waals surface area contributed by atoms with Crippen LogP contribution < -0.4 is 16.0 Å². The molecule has 146 valence electrons. The molecule has 1 aliphatic heterocycles. The zero-order valence-corrected chi connectivity index (χ0v) is 16.1. The summed E-state index contributed by atoms with van der Waals surface area (Å²) < 4.78 is 1.65. The van der Waals surface area contributed by atoms with Gasteiger partial charge < -0.3 is 16.0 Å². The minimum Gasteiger partial charge on any atom is -0.404 e. The number of aromatic nitrogens is 4. The summed E-state index contributed by atoms with van der Waals surface area (Å²) in [5.74, 6) is 0.928. The average molecular weight is 387 g/mol.